The van der Waals surface area contributed by atoms with Crippen molar-refractivity contribution >= 4 is 44.5 Å². The molecule has 4 rings (SSSR count). The molecule has 3 atom stereocenters. The average Bonchev–Trinajstić information content (AvgIpc) is 3.28. The Hall–Kier alpha value is -2.85. The summed E-state index contributed by atoms with van der Waals surface area (Å²) in [6.45, 7) is 9.42. The van der Waals surface area contributed by atoms with Crippen LogP contribution in [0, 0.1) is 0 Å². The second-order valence-electron chi connectivity index (χ2n) is 11.0. The number of hydrogen-bond donors (Lipinski definition) is 1. The van der Waals surface area contributed by atoms with Crippen LogP contribution < -0.4 is 10.2 Å². The van der Waals surface area contributed by atoms with E-state index >= 15 is 0 Å². The Bertz CT molecular complexity index is 1320. The van der Waals surface area contributed by atoms with Crippen molar-refractivity contribution in [1.82, 2.24) is 5.32 Å². The van der Waals surface area contributed by atoms with Gasteiger partial charge in [0, 0.05) is 17.4 Å². The minimum absolute atomic E-state index is 0.00785. The van der Waals surface area contributed by atoms with E-state index < -0.39 is 33.5 Å². The van der Waals surface area contributed by atoms with Crippen LogP contribution in [0.25, 0.3) is 0 Å². The summed E-state index contributed by atoms with van der Waals surface area (Å²) >= 11 is 1.32. The van der Waals surface area contributed by atoms with E-state index in [2.05, 4.69) is 24.2 Å². The molecule has 0 spiro atoms. The molecule has 0 saturated carbocycles. The Morgan fingerprint density at radius 2 is 1.74 bits per heavy atom. The molecule has 204 valence electrons. The molecule has 1 N–H and O–H groups in total. The Morgan fingerprint density at radius 1 is 1.08 bits per heavy atom. The molecule has 2 aliphatic heterocycles. The number of nitrogens with zero attached hydrogens (tertiary/aromatic N) is 2. The van der Waals surface area contributed by atoms with Gasteiger partial charge in [0.15, 0.2) is 15.0 Å². The zero-order valence-electron chi connectivity index (χ0n) is 22.4. The number of carbonyl (C=O) groups excluding carboxylic acids is 2. The number of hydrogen-bond acceptors (Lipinski definition) is 6. The van der Waals surface area contributed by atoms with Crippen LogP contribution in [-0.2, 0) is 25.8 Å². The Morgan fingerprint density at radius 3 is 2.39 bits per heavy atom. The van der Waals surface area contributed by atoms with Crippen molar-refractivity contribution in [2.45, 2.75) is 69.9 Å². The van der Waals surface area contributed by atoms with Crippen molar-refractivity contribution in [3.8, 4) is 0 Å². The van der Waals surface area contributed by atoms with Gasteiger partial charge in [-0.15, -0.1) is 0 Å². The average molecular weight is 558 g/mol. The SMILES string of the molecule is CC(C)c1ccccc1N1C(=NC(=O)C(Cc2ccccc2)NC(=O)OC(C)(C)C)SC2CS(=O)(=O)CC21. The number of ether oxygens (including phenoxy) is 1. The maximum absolute atomic E-state index is 13.6. The number of carbonyl (C=O) groups is 2. The highest BCUT2D eigenvalue weighted by Crippen LogP contribution is 2.43. The summed E-state index contributed by atoms with van der Waals surface area (Å²) in [5, 5.41) is 2.93. The van der Waals surface area contributed by atoms with Crippen molar-refractivity contribution in [1.29, 1.82) is 0 Å². The van der Waals surface area contributed by atoms with E-state index in [0.717, 1.165) is 16.8 Å². The van der Waals surface area contributed by atoms with Crippen LogP contribution in [0.1, 0.15) is 51.7 Å². The maximum atomic E-state index is 13.6. The number of amidine groups is 1. The van der Waals surface area contributed by atoms with Crippen LogP contribution in [0.2, 0.25) is 0 Å². The Labute approximate surface area is 229 Å². The van der Waals surface area contributed by atoms with Crippen molar-refractivity contribution in [2.24, 2.45) is 4.99 Å². The summed E-state index contributed by atoms with van der Waals surface area (Å²) in [5.74, 6) is -0.283. The second-order valence-corrected chi connectivity index (χ2v) is 14.4. The Kier molecular flexibility index (Phi) is 8.23. The normalized spacial score (nSPS) is 22.4. The number of amides is 2. The summed E-state index contributed by atoms with van der Waals surface area (Å²) in [4.78, 5) is 32.7. The van der Waals surface area contributed by atoms with Gasteiger partial charge in [-0.2, -0.15) is 4.99 Å². The summed E-state index contributed by atoms with van der Waals surface area (Å²) in [7, 11) is -3.20. The first-order valence-electron chi connectivity index (χ1n) is 12.7. The predicted molar refractivity (Wildman–Crippen MR) is 153 cm³/mol. The molecule has 2 saturated heterocycles. The first kappa shape index (κ1) is 28.2. The topological polar surface area (TPSA) is 105 Å². The standard InChI is InChI=1S/C28H35N3O5S2/c1-18(2)20-13-9-10-14-22(20)31-23-16-38(34,35)17-24(23)37-26(31)30-25(32)21(15-19-11-7-6-8-12-19)29-27(33)36-28(3,4)5/h6-14,18,21,23-24H,15-17H2,1-5H3,(H,29,33). The van der Waals surface area contributed by atoms with Gasteiger partial charge in [0.05, 0.1) is 17.5 Å². The number of rotatable bonds is 6. The van der Waals surface area contributed by atoms with Gasteiger partial charge in [-0.05, 0) is 43.9 Å². The highest BCUT2D eigenvalue weighted by Gasteiger charge is 2.50. The fourth-order valence-corrected chi connectivity index (χ4v) is 8.63. The number of para-hydroxylation sites is 1. The van der Waals surface area contributed by atoms with E-state index in [0.29, 0.717) is 5.17 Å². The zero-order chi connectivity index (χ0) is 27.7. The minimum atomic E-state index is -3.20. The van der Waals surface area contributed by atoms with E-state index in [9.17, 15) is 18.0 Å². The van der Waals surface area contributed by atoms with Gasteiger partial charge in [0.1, 0.15) is 11.6 Å². The third kappa shape index (κ3) is 6.77. The van der Waals surface area contributed by atoms with E-state index in [1.54, 1.807) is 20.8 Å². The lowest BCUT2D eigenvalue weighted by Gasteiger charge is -2.28. The van der Waals surface area contributed by atoms with Gasteiger partial charge in [0.25, 0.3) is 5.91 Å². The van der Waals surface area contributed by atoms with Crippen LogP contribution >= 0.6 is 11.8 Å². The molecule has 2 fully saturated rings. The molecular weight excluding hydrogens is 522 g/mol. The molecule has 2 amide bonds. The summed E-state index contributed by atoms with van der Waals surface area (Å²) < 4.78 is 30.4. The molecule has 2 aromatic rings. The highest BCUT2D eigenvalue weighted by molar-refractivity contribution is 8.16. The van der Waals surface area contributed by atoms with Crippen LogP contribution in [-0.4, -0.2) is 60.0 Å². The molecule has 0 aliphatic carbocycles. The predicted octanol–water partition coefficient (Wildman–Crippen LogP) is 4.55. The lowest BCUT2D eigenvalue weighted by molar-refractivity contribution is -0.119. The number of fused-ring (bicyclic) bond motifs is 1. The van der Waals surface area contributed by atoms with Crippen molar-refractivity contribution in [3.05, 3.63) is 65.7 Å². The monoisotopic (exact) mass is 557 g/mol. The highest BCUT2D eigenvalue weighted by atomic mass is 32.2. The molecule has 0 aromatic heterocycles. The van der Waals surface area contributed by atoms with Crippen LogP contribution in [0.3, 0.4) is 0 Å². The molecule has 38 heavy (non-hydrogen) atoms. The fraction of sp³-hybridized carbons (Fsp3) is 0.464. The smallest absolute Gasteiger partial charge is 0.408 e. The number of sulfone groups is 1. The molecule has 0 radical (unpaired) electrons. The number of thioether (sulfide) groups is 1. The lowest BCUT2D eigenvalue weighted by atomic mass is 9.99. The Balaban J connectivity index is 1.69. The van der Waals surface area contributed by atoms with Gasteiger partial charge in [-0.3, -0.25) is 4.79 Å². The lowest BCUT2D eigenvalue weighted by Crippen LogP contribution is -2.45. The van der Waals surface area contributed by atoms with E-state index in [1.807, 2.05) is 59.5 Å². The van der Waals surface area contributed by atoms with Crippen LogP contribution in [0.5, 0.6) is 0 Å². The summed E-state index contributed by atoms with van der Waals surface area (Å²) in [6, 6.07) is 15.9. The third-order valence-corrected chi connectivity index (χ3v) is 9.57. The molecule has 2 aromatic carbocycles. The van der Waals surface area contributed by atoms with Crippen LogP contribution in [0.15, 0.2) is 59.6 Å². The first-order valence-corrected chi connectivity index (χ1v) is 15.4. The number of aliphatic imine (C=N–C) groups is 1. The van der Waals surface area contributed by atoms with Crippen molar-refractivity contribution in [2.75, 3.05) is 16.4 Å². The minimum Gasteiger partial charge on any atom is -0.444 e. The molecular formula is C28H35N3O5S2. The molecule has 3 unspecified atom stereocenters. The van der Waals surface area contributed by atoms with E-state index in [4.69, 9.17) is 4.74 Å². The molecule has 0 bridgehead atoms. The van der Waals surface area contributed by atoms with Crippen molar-refractivity contribution < 1.29 is 22.7 Å². The third-order valence-electron chi connectivity index (χ3n) is 6.36. The van der Waals surface area contributed by atoms with Crippen LogP contribution in [0.4, 0.5) is 10.5 Å². The summed E-state index contributed by atoms with van der Waals surface area (Å²) in [6.07, 6.45) is -0.458. The molecule has 2 heterocycles. The number of nitrogens with one attached hydrogen (secondary N) is 1. The molecule has 8 nitrogen and oxygen atoms in total. The number of anilines is 1. The van der Waals surface area contributed by atoms with Crippen molar-refractivity contribution in [3.63, 3.8) is 0 Å². The summed E-state index contributed by atoms with van der Waals surface area (Å²) in [5.41, 5.74) is 2.04. The second kappa shape index (κ2) is 11.1. The van der Waals surface area contributed by atoms with Gasteiger partial charge in [-0.25, -0.2) is 13.2 Å². The molecule has 2 aliphatic rings. The largest absolute Gasteiger partial charge is 0.444 e. The zero-order valence-corrected chi connectivity index (χ0v) is 24.0. The van der Waals surface area contributed by atoms with Gasteiger partial charge < -0.3 is 15.0 Å². The quantitative estimate of drug-likeness (QED) is 0.556. The maximum Gasteiger partial charge on any atom is 0.408 e. The number of benzene rings is 2. The number of alkyl carbamates (subject to hydrolysis) is 1. The van der Waals surface area contributed by atoms with Gasteiger partial charge in [-0.1, -0.05) is 74.1 Å². The van der Waals surface area contributed by atoms with E-state index in [1.165, 1.54) is 11.8 Å². The molecule has 10 heteroatoms. The van der Waals surface area contributed by atoms with Gasteiger partial charge in [0.2, 0.25) is 0 Å². The van der Waals surface area contributed by atoms with Gasteiger partial charge >= 0.3 is 6.09 Å². The van der Waals surface area contributed by atoms with E-state index in [-0.39, 0.29) is 35.1 Å². The first-order chi connectivity index (χ1) is 17.8. The fourth-order valence-electron chi connectivity index (χ4n) is 4.71.